The molecule has 0 spiro atoms. The van der Waals surface area contributed by atoms with Crippen LogP contribution in [0.25, 0.3) is 10.9 Å². The summed E-state index contributed by atoms with van der Waals surface area (Å²) in [6.45, 7) is 5.64. The molecule has 1 N–H and O–H groups in total. The van der Waals surface area contributed by atoms with Crippen LogP contribution >= 0.6 is 0 Å². The summed E-state index contributed by atoms with van der Waals surface area (Å²) in [5.41, 5.74) is -0.391. The van der Waals surface area contributed by atoms with Crippen LogP contribution in [0.1, 0.15) is 51.5 Å². The van der Waals surface area contributed by atoms with E-state index in [-0.39, 0.29) is 35.4 Å². The van der Waals surface area contributed by atoms with Gasteiger partial charge in [-0.2, -0.15) is 13.2 Å². The Kier molecular flexibility index (Phi) is 7.82. The minimum Gasteiger partial charge on any atom is -0.362 e. The predicted octanol–water partition coefficient (Wildman–Crippen LogP) is 4.38. The van der Waals surface area contributed by atoms with Crippen molar-refractivity contribution in [3.63, 3.8) is 0 Å². The number of alkyl halides is 3. The molecule has 2 fully saturated rings. The van der Waals surface area contributed by atoms with Crippen LogP contribution in [0, 0.1) is 11.8 Å². The number of carbonyl (C=O) groups excluding carboxylic acids is 2. The van der Waals surface area contributed by atoms with E-state index in [0.29, 0.717) is 29.9 Å². The monoisotopic (exact) mass is 505 g/mol. The largest absolute Gasteiger partial charge is 0.416 e. The summed E-state index contributed by atoms with van der Waals surface area (Å²) in [4.78, 5) is 37.2. The quantitative estimate of drug-likeness (QED) is 0.574. The van der Waals surface area contributed by atoms with E-state index < -0.39 is 11.7 Å². The molecule has 1 aromatic heterocycles. The summed E-state index contributed by atoms with van der Waals surface area (Å²) in [5, 5.41) is 3.15. The third kappa shape index (κ3) is 5.96. The Morgan fingerprint density at radius 3 is 2.47 bits per heavy atom. The number of likely N-dealkylation sites (tertiary alicyclic amines) is 1. The van der Waals surface area contributed by atoms with Gasteiger partial charge in [-0.15, -0.1) is 0 Å². The summed E-state index contributed by atoms with van der Waals surface area (Å²) in [7, 11) is 1.91. The molecule has 7 nitrogen and oxygen atoms in total. The predicted molar refractivity (Wildman–Crippen MR) is 131 cm³/mol. The zero-order chi connectivity index (χ0) is 26.0. The van der Waals surface area contributed by atoms with Gasteiger partial charge in [0.05, 0.1) is 17.6 Å². The third-order valence-corrected chi connectivity index (χ3v) is 7.49. The highest BCUT2D eigenvalue weighted by atomic mass is 19.4. The second kappa shape index (κ2) is 10.7. The van der Waals surface area contributed by atoms with Gasteiger partial charge in [-0.05, 0) is 49.8 Å². The number of fused-ring (bicyclic) bond motifs is 1. The molecular formula is C26H34F3N5O2. The van der Waals surface area contributed by atoms with Crippen molar-refractivity contribution in [2.45, 2.75) is 64.2 Å². The zero-order valence-electron chi connectivity index (χ0n) is 21.0. The van der Waals surface area contributed by atoms with E-state index in [9.17, 15) is 22.8 Å². The highest BCUT2D eigenvalue weighted by Crippen LogP contribution is 2.33. The lowest BCUT2D eigenvalue weighted by Crippen LogP contribution is -2.55. The second-order valence-electron chi connectivity index (χ2n) is 10.4. The average Bonchev–Trinajstić information content (AvgIpc) is 2.82. The molecule has 2 aliphatic rings. The van der Waals surface area contributed by atoms with Gasteiger partial charge in [0, 0.05) is 49.9 Å². The van der Waals surface area contributed by atoms with Crippen LogP contribution in [-0.4, -0.2) is 70.2 Å². The van der Waals surface area contributed by atoms with Gasteiger partial charge in [-0.1, -0.05) is 13.8 Å². The van der Waals surface area contributed by atoms with Gasteiger partial charge >= 0.3 is 6.18 Å². The van der Waals surface area contributed by atoms with Crippen molar-refractivity contribution >= 4 is 28.4 Å². The SMILES string of the molecule is CC(C)C(=O)N(C)C1CCC(N2CC(CC(=O)CNc3ncnc4ccc(C(F)(F)F)cc34)C2)CC1. The first-order chi connectivity index (χ1) is 17.0. The molecule has 4 rings (SSSR count). The van der Waals surface area contributed by atoms with Crippen LogP contribution in [0.2, 0.25) is 0 Å². The van der Waals surface area contributed by atoms with Crippen molar-refractivity contribution in [3.8, 4) is 0 Å². The van der Waals surface area contributed by atoms with Crippen molar-refractivity contribution in [1.82, 2.24) is 19.8 Å². The molecule has 1 aliphatic carbocycles. The normalized spacial score (nSPS) is 21.4. The number of anilines is 1. The molecule has 1 amide bonds. The van der Waals surface area contributed by atoms with E-state index in [4.69, 9.17) is 0 Å². The number of amides is 1. The molecule has 0 bridgehead atoms. The Morgan fingerprint density at radius 1 is 1.14 bits per heavy atom. The summed E-state index contributed by atoms with van der Waals surface area (Å²) >= 11 is 0. The molecule has 1 aromatic carbocycles. The van der Waals surface area contributed by atoms with E-state index in [1.807, 2.05) is 25.8 Å². The third-order valence-electron chi connectivity index (χ3n) is 7.49. The van der Waals surface area contributed by atoms with Crippen molar-refractivity contribution in [2.75, 3.05) is 32.0 Å². The van der Waals surface area contributed by atoms with E-state index >= 15 is 0 Å². The molecule has 1 aliphatic heterocycles. The minimum absolute atomic E-state index is 0.0101. The second-order valence-corrected chi connectivity index (χ2v) is 10.4. The highest BCUT2D eigenvalue weighted by molar-refractivity contribution is 5.91. The molecule has 0 unspecified atom stereocenters. The number of benzene rings is 1. The fourth-order valence-electron chi connectivity index (χ4n) is 5.39. The first kappa shape index (κ1) is 26.3. The lowest BCUT2D eigenvalue weighted by Gasteiger charge is -2.47. The van der Waals surface area contributed by atoms with Crippen molar-refractivity contribution < 1.29 is 22.8 Å². The van der Waals surface area contributed by atoms with Crippen molar-refractivity contribution in [2.24, 2.45) is 11.8 Å². The molecule has 36 heavy (non-hydrogen) atoms. The fraction of sp³-hybridized carbons (Fsp3) is 0.615. The number of Topliss-reactive ketones (excluding diaryl/α,β-unsaturated/α-hetero) is 1. The highest BCUT2D eigenvalue weighted by Gasteiger charge is 2.36. The Morgan fingerprint density at radius 2 is 1.83 bits per heavy atom. The molecular weight excluding hydrogens is 471 g/mol. The summed E-state index contributed by atoms with van der Waals surface area (Å²) < 4.78 is 39.3. The van der Waals surface area contributed by atoms with Gasteiger partial charge in [0.2, 0.25) is 5.91 Å². The number of halogens is 3. The number of nitrogens with one attached hydrogen (secondary N) is 1. The summed E-state index contributed by atoms with van der Waals surface area (Å²) in [6, 6.07) is 4.12. The summed E-state index contributed by atoms with van der Waals surface area (Å²) in [6.07, 6.45) is 1.37. The van der Waals surface area contributed by atoms with Crippen LogP contribution in [0.5, 0.6) is 0 Å². The Hall–Kier alpha value is -2.75. The maximum atomic E-state index is 13.1. The zero-order valence-corrected chi connectivity index (χ0v) is 21.0. The van der Waals surface area contributed by atoms with Crippen LogP contribution < -0.4 is 5.32 Å². The maximum Gasteiger partial charge on any atom is 0.416 e. The number of nitrogens with zero attached hydrogens (tertiary/aromatic N) is 4. The number of hydrogen-bond acceptors (Lipinski definition) is 6. The Bertz CT molecular complexity index is 1090. The van der Waals surface area contributed by atoms with Gasteiger partial charge < -0.3 is 10.2 Å². The first-order valence-electron chi connectivity index (χ1n) is 12.6. The van der Waals surface area contributed by atoms with E-state index in [0.717, 1.165) is 50.9 Å². The van der Waals surface area contributed by atoms with Crippen molar-refractivity contribution in [3.05, 3.63) is 30.1 Å². The number of aromatic nitrogens is 2. The van der Waals surface area contributed by atoms with E-state index in [1.165, 1.54) is 12.4 Å². The molecule has 10 heteroatoms. The summed E-state index contributed by atoms with van der Waals surface area (Å²) in [5.74, 6) is 0.746. The number of hydrogen-bond donors (Lipinski definition) is 1. The number of carbonyl (C=O) groups is 2. The van der Waals surface area contributed by atoms with Crippen LogP contribution in [0.15, 0.2) is 24.5 Å². The van der Waals surface area contributed by atoms with Gasteiger partial charge in [0.25, 0.3) is 0 Å². The maximum absolute atomic E-state index is 13.1. The Labute approximate surface area is 209 Å². The van der Waals surface area contributed by atoms with E-state index in [2.05, 4.69) is 20.2 Å². The van der Waals surface area contributed by atoms with E-state index in [1.54, 1.807) is 0 Å². The Balaban J connectivity index is 1.22. The topological polar surface area (TPSA) is 78.4 Å². The standard InChI is InChI=1S/C26H34F3N5O2/c1-16(2)25(36)33(3)19-5-7-20(8-6-19)34-13-17(14-34)10-21(35)12-30-24-22-11-18(26(27,28)29)4-9-23(22)31-15-32-24/h4,9,11,15-17,19-20H,5-8,10,12-14H2,1-3H3,(H,30,31,32). The lowest BCUT2D eigenvalue weighted by atomic mass is 9.84. The smallest absolute Gasteiger partial charge is 0.362 e. The van der Waals surface area contributed by atoms with Gasteiger partial charge in [0.15, 0.2) is 5.78 Å². The molecule has 1 saturated heterocycles. The molecule has 0 atom stereocenters. The first-order valence-corrected chi connectivity index (χ1v) is 12.6. The molecule has 2 heterocycles. The molecule has 0 radical (unpaired) electrons. The van der Waals surface area contributed by atoms with Crippen LogP contribution in [0.4, 0.5) is 19.0 Å². The average molecular weight is 506 g/mol. The fourth-order valence-corrected chi connectivity index (χ4v) is 5.39. The van der Waals surface area contributed by atoms with Gasteiger partial charge in [-0.3, -0.25) is 14.5 Å². The van der Waals surface area contributed by atoms with Crippen LogP contribution in [0.3, 0.4) is 0 Å². The molecule has 1 saturated carbocycles. The van der Waals surface area contributed by atoms with Crippen LogP contribution in [-0.2, 0) is 15.8 Å². The molecule has 196 valence electrons. The minimum atomic E-state index is -4.46. The van der Waals surface area contributed by atoms with Gasteiger partial charge in [-0.25, -0.2) is 9.97 Å². The van der Waals surface area contributed by atoms with Gasteiger partial charge in [0.1, 0.15) is 12.1 Å². The van der Waals surface area contributed by atoms with Crippen molar-refractivity contribution in [1.29, 1.82) is 0 Å². The lowest BCUT2D eigenvalue weighted by molar-refractivity contribution is -0.137. The number of rotatable bonds is 8. The molecule has 2 aromatic rings. The number of ketones is 1.